The second kappa shape index (κ2) is 7.21. The summed E-state index contributed by atoms with van der Waals surface area (Å²) in [7, 11) is 0. The molecule has 5 nitrogen and oxygen atoms in total. The van der Waals surface area contributed by atoms with Crippen molar-refractivity contribution in [2.75, 3.05) is 0 Å². The molecule has 0 saturated heterocycles. The van der Waals surface area contributed by atoms with Crippen molar-refractivity contribution in [3.8, 4) is 0 Å². The molecular weight excluding hydrogens is 311 g/mol. The second-order valence-corrected chi connectivity index (χ2v) is 6.01. The van der Waals surface area contributed by atoms with Crippen LogP contribution < -0.4 is 5.32 Å². The molecule has 6 heteroatoms. The molecule has 2 aromatic rings. The van der Waals surface area contributed by atoms with Crippen LogP contribution in [-0.2, 0) is 0 Å². The molecule has 0 spiro atoms. The average Bonchev–Trinajstić information content (AvgIpc) is 2.53. The molecule has 1 amide bonds. The van der Waals surface area contributed by atoms with E-state index in [2.05, 4.69) is 5.32 Å². The SMILES string of the molecule is Cc1ccc(C(=O)NC(c2ccc(F)cc2)C(C)C)cc1[N+](=O)[O-]. The summed E-state index contributed by atoms with van der Waals surface area (Å²) in [5.41, 5.74) is 1.41. The molecular formula is C18H19FN2O3. The zero-order valence-corrected chi connectivity index (χ0v) is 13.7. The van der Waals surface area contributed by atoms with E-state index in [-0.39, 0.29) is 29.0 Å². The van der Waals surface area contributed by atoms with E-state index in [1.165, 1.54) is 18.2 Å². The molecule has 0 radical (unpaired) electrons. The van der Waals surface area contributed by atoms with E-state index >= 15 is 0 Å². The summed E-state index contributed by atoms with van der Waals surface area (Å²) in [4.78, 5) is 23.0. The van der Waals surface area contributed by atoms with Gasteiger partial charge in [0.15, 0.2) is 0 Å². The van der Waals surface area contributed by atoms with Crippen LogP contribution in [0.4, 0.5) is 10.1 Å². The summed E-state index contributed by atoms with van der Waals surface area (Å²) >= 11 is 0. The molecule has 0 aliphatic rings. The number of rotatable bonds is 5. The Morgan fingerprint density at radius 1 is 1.17 bits per heavy atom. The van der Waals surface area contributed by atoms with Crippen molar-refractivity contribution in [2.24, 2.45) is 5.92 Å². The van der Waals surface area contributed by atoms with Crippen LogP contribution in [0.15, 0.2) is 42.5 Å². The second-order valence-electron chi connectivity index (χ2n) is 6.01. The molecule has 0 saturated carbocycles. The lowest BCUT2D eigenvalue weighted by Gasteiger charge is -2.23. The first kappa shape index (κ1) is 17.6. The number of benzene rings is 2. The third kappa shape index (κ3) is 3.95. The molecule has 1 unspecified atom stereocenters. The maximum Gasteiger partial charge on any atom is 0.273 e. The highest BCUT2D eigenvalue weighted by Crippen LogP contribution is 2.24. The van der Waals surface area contributed by atoms with E-state index in [9.17, 15) is 19.3 Å². The molecule has 1 N–H and O–H groups in total. The van der Waals surface area contributed by atoms with Crippen molar-refractivity contribution < 1.29 is 14.1 Å². The Labute approximate surface area is 139 Å². The van der Waals surface area contributed by atoms with Gasteiger partial charge in [-0.3, -0.25) is 14.9 Å². The van der Waals surface area contributed by atoms with Crippen LogP contribution in [-0.4, -0.2) is 10.8 Å². The van der Waals surface area contributed by atoms with Crippen LogP contribution in [0.5, 0.6) is 0 Å². The number of carbonyl (C=O) groups excluding carboxylic acids is 1. The maximum atomic E-state index is 13.1. The Balaban J connectivity index is 2.27. The quantitative estimate of drug-likeness (QED) is 0.660. The summed E-state index contributed by atoms with van der Waals surface area (Å²) in [6, 6.07) is 9.98. The molecule has 0 heterocycles. The number of halogens is 1. The number of hydrogen-bond donors (Lipinski definition) is 1. The number of hydrogen-bond acceptors (Lipinski definition) is 3. The van der Waals surface area contributed by atoms with Gasteiger partial charge in [0.25, 0.3) is 11.6 Å². The van der Waals surface area contributed by atoms with Crippen LogP contribution in [0.25, 0.3) is 0 Å². The van der Waals surface area contributed by atoms with Gasteiger partial charge in [0.1, 0.15) is 5.82 Å². The zero-order valence-electron chi connectivity index (χ0n) is 13.7. The summed E-state index contributed by atoms with van der Waals surface area (Å²) in [6.07, 6.45) is 0. The molecule has 0 aliphatic carbocycles. The van der Waals surface area contributed by atoms with Gasteiger partial charge in [-0.25, -0.2) is 4.39 Å². The molecule has 24 heavy (non-hydrogen) atoms. The standard InChI is InChI=1S/C18H19FN2O3/c1-11(2)17(13-6-8-15(19)9-7-13)20-18(22)14-5-4-12(3)16(10-14)21(23)24/h4-11,17H,1-3H3,(H,20,22). The fourth-order valence-electron chi connectivity index (χ4n) is 2.48. The third-order valence-corrected chi connectivity index (χ3v) is 3.85. The van der Waals surface area contributed by atoms with Gasteiger partial charge in [0.2, 0.25) is 0 Å². The molecule has 2 rings (SSSR count). The number of amides is 1. The van der Waals surface area contributed by atoms with E-state index in [0.717, 1.165) is 5.56 Å². The van der Waals surface area contributed by atoms with Crippen LogP contribution in [0.3, 0.4) is 0 Å². The first-order valence-corrected chi connectivity index (χ1v) is 7.61. The van der Waals surface area contributed by atoms with E-state index in [1.54, 1.807) is 31.2 Å². The topological polar surface area (TPSA) is 72.2 Å². The first-order valence-electron chi connectivity index (χ1n) is 7.61. The summed E-state index contributed by atoms with van der Waals surface area (Å²) in [6.45, 7) is 5.49. The molecule has 0 bridgehead atoms. The largest absolute Gasteiger partial charge is 0.345 e. The fourth-order valence-corrected chi connectivity index (χ4v) is 2.48. The first-order chi connectivity index (χ1) is 11.3. The Kier molecular flexibility index (Phi) is 5.28. The summed E-state index contributed by atoms with van der Waals surface area (Å²) in [5, 5.41) is 13.9. The maximum absolute atomic E-state index is 13.1. The normalized spacial score (nSPS) is 12.0. The minimum absolute atomic E-state index is 0.0693. The smallest absolute Gasteiger partial charge is 0.273 e. The Hall–Kier alpha value is -2.76. The lowest BCUT2D eigenvalue weighted by Crippen LogP contribution is -2.31. The highest BCUT2D eigenvalue weighted by molar-refractivity contribution is 5.95. The van der Waals surface area contributed by atoms with Crippen molar-refractivity contribution in [3.05, 3.63) is 75.1 Å². The highest BCUT2D eigenvalue weighted by atomic mass is 19.1. The Morgan fingerprint density at radius 2 is 1.79 bits per heavy atom. The molecule has 0 fully saturated rings. The van der Waals surface area contributed by atoms with Gasteiger partial charge in [-0.15, -0.1) is 0 Å². The van der Waals surface area contributed by atoms with Gasteiger partial charge in [-0.2, -0.15) is 0 Å². The van der Waals surface area contributed by atoms with Crippen LogP contribution in [0.1, 0.15) is 41.4 Å². The van der Waals surface area contributed by atoms with Crippen LogP contribution >= 0.6 is 0 Å². The number of nitro benzene ring substituents is 1. The molecule has 2 aromatic carbocycles. The van der Waals surface area contributed by atoms with Crippen molar-refractivity contribution in [1.29, 1.82) is 0 Å². The average molecular weight is 330 g/mol. The summed E-state index contributed by atoms with van der Waals surface area (Å²) < 4.78 is 13.1. The molecule has 1 atom stereocenters. The minimum Gasteiger partial charge on any atom is -0.345 e. The van der Waals surface area contributed by atoms with Crippen LogP contribution in [0.2, 0.25) is 0 Å². The molecule has 0 aromatic heterocycles. The van der Waals surface area contributed by atoms with Crippen LogP contribution in [0, 0.1) is 28.8 Å². The van der Waals surface area contributed by atoms with Gasteiger partial charge in [-0.1, -0.05) is 32.0 Å². The highest BCUT2D eigenvalue weighted by Gasteiger charge is 2.21. The number of carbonyl (C=O) groups is 1. The van der Waals surface area contributed by atoms with Crippen molar-refractivity contribution in [3.63, 3.8) is 0 Å². The third-order valence-electron chi connectivity index (χ3n) is 3.85. The number of nitro groups is 1. The molecule has 0 aliphatic heterocycles. The predicted octanol–water partition coefficient (Wildman–Crippen LogP) is 4.17. The fraction of sp³-hybridized carbons (Fsp3) is 0.278. The van der Waals surface area contributed by atoms with E-state index in [4.69, 9.17) is 0 Å². The van der Waals surface area contributed by atoms with Gasteiger partial charge in [0, 0.05) is 17.2 Å². The Morgan fingerprint density at radius 3 is 2.33 bits per heavy atom. The van der Waals surface area contributed by atoms with Gasteiger partial charge in [-0.05, 0) is 36.6 Å². The monoisotopic (exact) mass is 330 g/mol. The van der Waals surface area contributed by atoms with Gasteiger partial charge in [0.05, 0.1) is 11.0 Å². The van der Waals surface area contributed by atoms with Crippen molar-refractivity contribution in [1.82, 2.24) is 5.32 Å². The van der Waals surface area contributed by atoms with Gasteiger partial charge < -0.3 is 5.32 Å². The van der Waals surface area contributed by atoms with Crippen molar-refractivity contribution >= 4 is 11.6 Å². The lowest BCUT2D eigenvalue weighted by molar-refractivity contribution is -0.385. The minimum atomic E-state index is -0.508. The number of nitrogens with one attached hydrogen (secondary N) is 1. The Bertz CT molecular complexity index is 757. The van der Waals surface area contributed by atoms with Gasteiger partial charge >= 0.3 is 0 Å². The lowest BCUT2D eigenvalue weighted by atomic mass is 9.95. The zero-order chi connectivity index (χ0) is 17.9. The van der Waals surface area contributed by atoms with E-state index in [0.29, 0.717) is 5.56 Å². The summed E-state index contributed by atoms with van der Waals surface area (Å²) in [5.74, 6) is -0.678. The number of aryl methyl sites for hydroxylation is 1. The van der Waals surface area contributed by atoms with Crippen molar-refractivity contribution in [2.45, 2.75) is 26.8 Å². The predicted molar refractivity (Wildman–Crippen MR) is 89.3 cm³/mol. The van der Waals surface area contributed by atoms with E-state index < -0.39 is 10.8 Å². The molecule has 126 valence electrons. The number of nitrogens with zero attached hydrogens (tertiary/aromatic N) is 1. The van der Waals surface area contributed by atoms with E-state index in [1.807, 2.05) is 13.8 Å².